The normalized spacial score (nSPS) is 16.9. The van der Waals surface area contributed by atoms with Crippen LogP contribution < -0.4 is 15.0 Å². The number of nitro groups is 1. The number of piperidine rings is 1. The molecule has 0 atom stereocenters. The molecule has 2 aromatic carbocycles. The van der Waals surface area contributed by atoms with Gasteiger partial charge in [-0.2, -0.15) is 0 Å². The van der Waals surface area contributed by atoms with Crippen molar-refractivity contribution in [2.24, 2.45) is 5.92 Å². The molecule has 2 fully saturated rings. The zero-order valence-electron chi connectivity index (χ0n) is 22.6. The fourth-order valence-corrected chi connectivity index (χ4v) is 5.16. The number of piperazine rings is 1. The standard InChI is InChI=1S/C28H37ClFN5O4/c1-20(2)19-39-27-18-23(4-6-26(27)35(37)38)31-22-7-11-34(12-8-22)28(36)9-10-32-13-15-33(16-14-32)25-5-3-21(29)17-24(25)30/h3-6,17-18,20,22,31H,7-16,19H2,1-2H3. The fourth-order valence-electron chi connectivity index (χ4n) is 5.00. The van der Waals surface area contributed by atoms with Gasteiger partial charge in [0, 0.05) is 81.1 Å². The number of benzene rings is 2. The second-order valence-electron chi connectivity index (χ2n) is 10.6. The van der Waals surface area contributed by atoms with E-state index in [0.29, 0.717) is 56.5 Å². The molecule has 39 heavy (non-hydrogen) atoms. The molecule has 0 radical (unpaired) electrons. The van der Waals surface area contributed by atoms with E-state index < -0.39 is 4.92 Å². The van der Waals surface area contributed by atoms with Gasteiger partial charge in [0.25, 0.3) is 0 Å². The molecule has 0 spiro atoms. The van der Waals surface area contributed by atoms with E-state index in [-0.39, 0.29) is 35.1 Å². The zero-order valence-corrected chi connectivity index (χ0v) is 23.3. The Morgan fingerprint density at radius 3 is 2.49 bits per heavy atom. The van der Waals surface area contributed by atoms with Gasteiger partial charge < -0.3 is 19.9 Å². The van der Waals surface area contributed by atoms with Crippen LogP contribution in [0.5, 0.6) is 5.75 Å². The number of nitrogens with zero attached hydrogens (tertiary/aromatic N) is 4. The Bertz CT molecular complexity index is 1150. The molecule has 0 unspecified atom stereocenters. The second-order valence-corrected chi connectivity index (χ2v) is 11.1. The fraction of sp³-hybridized carbons (Fsp3) is 0.536. The van der Waals surface area contributed by atoms with Crippen LogP contribution in [-0.2, 0) is 4.79 Å². The molecule has 11 heteroatoms. The van der Waals surface area contributed by atoms with Gasteiger partial charge in [0.2, 0.25) is 5.91 Å². The minimum atomic E-state index is -0.428. The first-order valence-corrected chi connectivity index (χ1v) is 14.0. The van der Waals surface area contributed by atoms with Crippen LogP contribution in [0.4, 0.5) is 21.5 Å². The molecule has 2 aliphatic rings. The molecule has 212 valence electrons. The molecule has 0 saturated carbocycles. The van der Waals surface area contributed by atoms with Crippen molar-refractivity contribution in [1.29, 1.82) is 0 Å². The summed E-state index contributed by atoms with van der Waals surface area (Å²) in [6, 6.07) is 9.81. The van der Waals surface area contributed by atoms with Crippen LogP contribution in [0.3, 0.4) is 0 Å². The topological polar surface area (TPSA) is 91.2 Å². The maximum absolute atomic E-state index is 14.2. The van der Waals surface area contributed by atoms with Crippen molar-refractivity contribution >= 4 is 34.6 Å². The third-order valence-corrected chi connectivity index (χ3v) is 7.45. The highest BCUT2D eigenvalue weighted by atomic mass is 35.5. The van der Waals surface area contributed by atoms with Gasteiger partial charge in [-0.25, -0.2) is 4.39 Å². The minimum Gasteiger partial charge on any atom is -0.486 e. The van der Waals surface area contributed by atoms with Crippen LogP contribution in [0.2, 0.25) is 5.02 Å². The number of rotatable bonds is 10. The average molecular weight is 562 g/mol. The van der Waals surface area contributed by atoms with Gasteiger partial charge in [-0.3, -0.25) is 19.8 Å². The quantitative estimate of drug-likeness (QED) is 0.321. The lowest BCUT2D eigenvalue weighted by Crippen LogP contribution is -2.48. The summed E-state index contributed by atoms with van der Waals surface area (Å²) in [5.74, 6) is 0.369. The number of carbonyl (C=O) groups excluding carboxylic acids is 1. The summed E-state index contributed by atoms with van der Waals surface area (Å²) in [7, 11) is 0. The number of hydrogen-bond acceptors (Lipinski definition) is 7. The number of ether oxygens (including phenoxy) is 1. The summed E-state index contributed by atoms with van der Waals surface area (Å²) in [4.78, 5) is 30.0. The van der Waals surface area contributed by atoms with Gasteiger partial charge in [0.15, 0.2) is 5.75 Å². The van der Waals surface area contributed by atoms with E-state index in [0.717, 1.165) is 31.6 Å². The summed E-state index contributed by atoms with van der Waals surface area (Å²) in [6.45, 7) is 9.39. The van der Waals surface area contributed by atoms with Crippen LogP contribution in [-0.4, -0.2) is 79.1 Å². The van der Waals surface area contributed by atoms with E-state index >= 15 is 0 Å². The van der Waals surface area contributed by atoms with Crippen LogP contribution in [0.25, 0.3) is 0 Å². The maximum Gasteiger partial charge on any atom is 0.311 e. The molecule has 2 aromatic rings. The maximum atomic E-state index is 14.2. The van der Waals surface area contributed by atoms with Crippen LogP contribution >= 0.6 is 11.6 Å². The van der Waals surface area contributed by atoms with E-state index in [1.165, 1.54) is 12.1 Å². The molecule has 9 nitrogen and oxygen atoms in total. The van der Waals surface area contributed by atoms with Crippen molar-refractivity contribution in [2.75, 3.05) is 62.6 Å². The lowest BCUT2D eigenvalue weighted by molar-refractivity contribution is -0.385. The van der Waals surface area contributed by atoms with Gasteiger partial charge in [0.05, 0.1) is 17.2 Å². The van der Waals surface area contributed by atoms with Crippen molar-refractivity contribution in [3.63, 3.8) is 0 Å². The first-order chi connectivity index (χ1) is 18.7. The summed E-state index contributed by atoms with van der Waals surface area (Å²) in [6.07, 6.45) is 2.07. The van der Waals surface area contributed by atoms with Crippen molar-refractivity contribution < 1.29 is 18.8 Å². The number of amides is 1. The first kappa shape index (κ1) is 28.9. The molecule has 0 aliphatic carbocycles. The van der Waals surface area contributed by atoms with Gasteiger partial charge in [-0.15, -0.1) is 0 Å². The lowest BCUT2D eigenvalue weighted by atomic mass is 10.0. The monoisotopic (exact) mass is 561 g/mol. The van der Waals surface area contributed by atoms with E-state index in [4.69, 9.17) is 16.3 Å². The van der Waals surface area contributed by atoms with E-state index in [9.17, 15) is 19.3 Å². The summed E-state index contributed by atoms with van der Waals surface area (Å²) < 4.78 is 19.9. The van der Waals surface area contributed by atoms with Crippen molar-refractivity contribution in [3.8, 4) is 5.75 Å². The Kier molecular flexibility index (Phi) is 9.85. The second kappa shape index (κ2) is 13.3. The molecule has 1 amide bonds. The summed E-state index contributed by atoms with van der Waals surface area (Å²) >= 11 is 5.87. The van der Waals surface area contributed by atoms with Crippen LogP contribution in [0, 0.1) is 21.8 Å². The highest BCUT2D eigenvalue weighted by Crippen LogP contribution is 2.31. The number of nitro benzene ring substituents is 1. The van der Waals surface area contributed by atoms with E-state index in [1.807, 2.05) is 23.6 Å². The van der Waals surface area contributed by atoms with Gasteiger partial charge >= 0.3 is 5.69 Å². The van der Waals surface area contributed by atoms with Crippen LogP contribution in [0.1, 0.15) is 33.1 Å². The van der Waals surface area contributed by atoms with Gasteiger partial charge in [0.1, 0.15) is 5.82 Å². The molecule has 4 rings (SSSR count). The number of anilines is 2. The first-order valence-electron chi connectivity index (χ1n) is 13.6. The largest absolute Gasteiger partial charge is 0.486 e. The number of carbonyl (C=O) groups is 1. The minimum absolute atomic E-state index is 0.0415. The lowest BCUT2D eigenvalue weighted by Gasteiger charge is -2.37. The highest BCUT2D eigenvalue weighted by Gasteiger charge is 2.25. The Hall–Kier alpha value is -3.11. The molecule has 0 bridgehead atoms. The Labute approximate surface area is 234 Å². The van der Waals surface area contributed by atoms with E-state index in [1.54, 1.807) is 24.3 Å². The summed E-state index contributed by atoms with van der Waals surface area (Å²) in [5.41, 5.74) is 1.31. The highest BCUT2D eigenvalue weighted by molar-refractivity contribution is 6.30. The van der Waals surface area contributed by atoms with Crippen molar-refractivity contribution in [1.82, 2.24) is 9.80 Å². The predicted molar refractivity (Wildman–Crippen MR) is 151 cm³/mol. The van der Waals surface area contributed by atoms with Gasteiger partial charge in [-0.05, 0) is 43.0 Å². The van der Waals surface area contributed by atoms with Gasteiger partial charge in [-0.1, -0.05) is 25.4 Å². The number of likely N-dealkylation sites (tertiary alicyclic amines) is 1. The SMILES string of the molecule is CC(C)COc1cc(NC2CCN(C(=O)CCN3CCN(c4ccc(Cl)cc4F)CC3)CC2)ccc1[N+](=O)[O-]. The molecule has 2 heterocycles. The molecular weight excluding hydrogens is 525 g/mol. The zero-order chi connectivity index (χ0) is 27.9. The Morgan fingerprint density at radius 1 is 1.13 bits per heavy atom. The van der Waals surface area contributed by atoms with E-state index in [2.05, 4.69) is 10.2 Å². The molecular formula is C28H37ClFN5O4. The molecule has 2 aliphatic heterocycles. The number of halogens is 2. The predicted octanol–water partition coefficient (Wildman–Crippen LogP) is 5.04. The molecule has 0 aromatic heterocycles. The number of nitrogens with one attached hydrogen (secondary N) is 1. The Balaban J connectivity index is 1.19. The molecule has 1 N–H and O–H groups in total. The summed E-state index contributed by atoms with van der Waals surface area (Å²) in [5, 5.41) is 15.2. The number of hydrogen-bond donors (Lipinski definition) is 1. The Morgan fingerprint density at radius 2 is 1.85 bits per heavy atom. The van der Waals surface area contributed by atoms with Crippen molar-refractivity contribution in [2.45, 2.75) is 39.2 Å². The third kappa shape index (κ3) is 7.95. The smallest absolute Gasteiger partial charge is 0.311 e. The average Bonchev–Trinajstić information content (AvgIpc) is 2.91. The molecule has 2 saturated heterocycles. The third-order valence-electron chi connectivity index (χ3n) is 7.21. The van der Waals surface area contributed by atoms with Crippen molar-refractivity contribution in [3.05, 3.63) is 57.4 Å². The van der Waals surface area contributed by atoms with Crippen LogP contribution in [0.15, 0.2) is 36.4 Å².